The van der Waals surface area contributed by atoms with Crippen LogP contribution in [0.25, 0.3) is 0 Å². The van der Waals surface area contributed by atoms with Gasteiger partial charge in [-0.15, -0.1) is 0 Å². The van der Waals surface area contributed by atoms with Gasteiger partial charge in [-0.3, -0.25) is 14.3 Å². The normalized spacial score (nSPS) is 19.3. The van der Waals surface area contributed by atoms with Gasteiger partial charge in [0, 0.05) is 32.4 Å². The number of nitrogens with zero attached hydrogens (tertiary/aromatic N) is 2. The second-order valence-corrected chi connectivity index (χ2v) is 10.0. The van der Waals surface area contributed by atoms with Gasteiger partial charge in [0.1, 0.15) is 17.7 Å². The fraction of sp³-hybridized carbons (Fsp3) is 0.429. The molecule has 0 radical (unpaired) electrons. The Balaban J connectivity index is 1.09. The zero-order chi connectivity index (χ0) is 25.8. The Kier molecular flexibility index (Phi) is 7.48. The van der Waals surface area contributed by atoms with E-state index in [-0.39, 0.29) is 36.6 Å². The molecular weight excluding hydrogens is 477 g/mol. The van der Waals surface area contributed by atoms with E-state index >= 15 is 0 Å². The lowest BCUT2D eigenvalue weighted by Crippen LogP contribution is -2.39. The zero-order valence-electron chi connectivity index (χ0n) is 20.6. The molecule has 1 aliphatic heterocycles. The first-order valence-electron chi connectivity index (χ1n) is 12.8. The van der Waals surface area contributed by atoms with E-state index in [1.165, 1.54) is 6.07 Å². The summed E-state index contributed by atoms with van der Waals surface area (Å²) in [4.78, 5) is 40.7. The van der Waals surface area contributed by atoms with Crippen molar-refractivity contribution in [2.45, 2.75) is 64.0 Å². The Bertz CT molecular complexity index is 1330. The molecule has 0 spiro atoms. The van der Waals surface area contributed by atoms with Gasteiger partial charge in [0.2, 0.25) is 0 Å². The highest BCUT2D eigenvalue weighted by molar-refractivity contribution is 5.83. The van der Waals surface area contributed by atoms with Crippen molar-refractivity contribution in [3.8, 4) is 0 Å². The standard InChI is InChI=1S/C28H30FN3O5/c29-25-4-2-1-3-21(25)16-23(33)14-19-5-8-22-17-32(12-11-20(22)13-19)28(35)36-24-9-6-18(7-10-24)15-26-30-27(34)37-31-26/h1-5,8,13,18,24H,6-7,9-12,14-17H2,(H,30,31,34). The summed E-state index contributed by atoms with van der Waals surface area (Å²) >= 11 is 0. The number of Topliss-reactive ketones (excluding diaryl/α,β-unsaturated/α-hetero) is 1. The fourth-order valence-corrected chi connectivity index (χ4v) is 5.31. The van der Waals surface area contributed by atoms with Crippen LogP contribution in [0.2, 0.25) is 0 Å². The monoisotopic (exact) mass is 507 g/mol. The van der Waals surface area contributed by atoms with Crippen molar-refractivity contribution in [2.24, 2.45) is 5.92 Å². The molecule has 0 atom stereocenters. The first-order chi connectivity index (χ1) is 17.9. The summed E-state index contributed by atoms with van der Waals surface area (Å²) in [6.07, 6.45) is 4.65. The molecule has 0 saturated heterocycles. The van der Waals surface area contributed by atoms with Crippen LogP contribution in [-0.2, 0) is 41.8 Å². The lowest BCUT2D eigenvalue weighted by atomic mass is 9.85. The summed E-state index contributed by atoms with van der Waals surface area (Å²) in [5, 5.41) is 3.73. The number of amides is 1. The minimum Gasteiger partial charge on any atom is -0.446 e. The van der Waals surface area contributed by atoms with Gasteiger partial charge in [0.25, 0.3) is 0 Å². The van der Waals surface area contributed by atoms with E-state index < -0.39 is 5.76 Å². The van der Waals surface area contributed by atoms with Gasteiger partial charge in [-0.2, -0.15) is 0 Å². The average Bonchev–Trinajstić information content (AvgIpc) is 3.30. The van der Waals surface area contributed by atoms with E-state index in [0.29, 0.717) is 43.2 Å². The van der Waals surface area contributed by atoms with E-state index in [1.807, 2.05) is 18.2 Å². The number of rotatable bonds is 7. The second kappa shape index (κ2) is 11.1. The molecule has 3 aromatic rings. The Hall–Kier alpha value is -3.75. The quantitative estimate of drug-likeness (QED) is 0.515. The van der Waals surface area contributed by atoms with Crippen LogP contribution in [-0.4, -0.2) is 39.6 Å². The van der Waals surface area contributed by atoms with Crippen molar-refractivity contribution in [1.82, 2.24) is 15.0 Å². The molecule has 8 nitrogen and oxygen atoms in total. The van der Waals surface area contributed by atoms with E-state index in [4.69, 9.17) is 4.74 Å². The number of benzene rings is 2. The van der Waals surface area contributed by atoms with Gasteiger partial charge in [-0.25, -0.2) is 14.0 Å². The number of fused-ring (bicyclic) bond motifs is 1. The minimum absolute atomic E-state index is 0.0323. The molecule has 1 aliphatic carbocycles. The van der Waals surface area contributed by atoms with Crippen LogP contribution in [0, 0.1) is 11.7 Å². The van der Waals surface area contributed by atoms with Gasteiger partial charge in [-0.1, -0.05) is 41.6 Å². The number of aromatic amines is 1. The summed E-state index contributed by atoms with van der Waals surface area (Å²) in [5.74, 6) is 0.0195. The molecule has 1 fully saturated rings. The molecule has 1 saturated carbocycles. The summed E-state index contributed by atoms with van der Waals surface area (Å²) in [6, 6.07) is 12.3. The van der Waals surface area contributed by atoms with Gasteiger partial charge in [0.15, 0.2) is 5.82 Å². The Morgan fingerprint density at radius 2 is 1.89 bits per heavy atom. The number of ether oxygens (including phenoxy) is 1. The molecule has 0 bridgehead atoms. The molecular formula is C28H30FN3O5. The Morgan fingerprint density at radius 3 is 2.65 bits per heavy atom. The zero-order valence-corrected chi connectivity index (χ0v) is 20.6. The lowest BCUT2D eigenvalue weighted by molar-refractivity contribution is -0.117. The SMILES string of the molecule is O=C(Cc1ccc2c(c1)CCN(C(=O)OC1CCC(Cc3noc(=O)[nH]3)CC1)C2)Cc1ccccc1F. The molecule has 1 amide bonds. The van der Waals surface area contributed by atoms with Crippen LogP contribution in [0.3, 0.4) is 0 Å². The van der Waals surface area contributed by atoms with Crippen molar-refractivity contribution in [2.75, 3.05) is 6.54 Å². The Labute approximate surface area is 213 Å². The average molecular weight is 508 g/mol. The van der Waals surface area contributed by atoms with E-state index in [1.54, 1.807) is 23.1 Å². The number of ketones is 1. The molecule has 2 heterocycles. The van der Waals surface area contributed by atoms with Crippen molar-refractivity contribution < 1.29 is 23.2 Å². The number of halogens is 1. The van der Waals surface area contributed by atoms with E-state index in [0.717, 1.165) is 42.4 Å². The van der Waals surface area contributed by atoms with Crippen LogP contribution < -0.4 is 5.76 Å². The van der Waals surface area contributed by atoms with Gasteiger partial charge >= 0.3 is 11.8 Å². The van der Waals surface area contributed by atoms with Gasteiger partial charge in [-0.05, 0) is 66.3 Å². The fourth-order valence-electron chi connectivity index (χ4n) is 5.31. The number of carbonyl (C=O) groups is 2. The number of nitrogens with one attached hydrogen (secondary N) is 1. The maximum Gasteiger partial charge on any atom is 0.438 e. The highest BCUT2D eigenvalue weighted by Gasteiger charge is 2.28. The van der Waals surface area contributed by atoms with Crippen LogP contribution >= 0.6 is 0 Å². The molecule has 37 heavy (non-hydrogen) atoms. The summed E-state index contributed by atoms with van der Waals surface area (Å²) in [5.41, 5.74) is 3.51. The number of aromatic nitrogens is 2. The first-order valence-corrected chi connectivity index (χ1v) is 12.8. The predicted molar refractivity (Wildman–Crippen MR) is 132 cm³/mol. The smallest absolute Gasteiger partial charge is 0.438 e. The van der Waals surface area contributed by atoms with E-state index in [2.05, 4.69) is 14.7 Å². The van der Waals surface area contributed by atoms with Gasteiger partial charge in [0.05, 0.1) is 0 Å². The third-order valence-electron chi connectivity index (χ3n) is 7.32. The van der Waals surface area contributed by atoms with Crippen molar-refractivity contribution in [3.63, 3.8) is 0 Å². The number of hydrogen-bond donors (Lipinski definition) is 1. The molecule has 2 aromatic carbocycles. The lowest BCUT2D eigenvalue weighted by Gasteiger charge is -2.32. The summed E-state index contributed by atoms with van der Waals surface area (Å²) < 4.78 is 24.2. The van der Waals surface area contributed by atoms with Crippen LogP contribution in [0.1, 0.15) is 53.8 Å². The van der Waals surface area contributed by atoms with Gasteiger partial charge < -0.3 is 9.64 Å². The maximum atomic E-state index is 13.9. The number of H-pyrrole nitrogens is 1. The summed E-state index contributed by atoms with van der Waals surface area (Å²) in [7, 11) is 0. The highest BCUT2D eigenvalue weighted by atomic mass is 19.1. The molecule has 5 rings (SSSR count). The Morgan fingerprint density at radius 1 is 1.08 bits per heavy atom. The molecule has 1 aromatic heterocycles. The number of carbonyl (C=O) groups excluding carboxylic acids is 2. The summed E-state index contributed by atoms with van der Waals surface area (Å²) in [6.45, 7) is 1.04. The van der Waals surface area contributed by atoms with Crippen molar-refractivity contribution >= 4 is 11.9 Å². The number of hydrogen-bond acceptors (Lipinski definition) is 6. The third-order valence-corrected chi connectivity index (χ3v) is 7.32. The molecule has 0 unspecified atom stereocenters. The molecule has 194 valence electrons. The second-order valence-electron chi connectivity index (χ2n) is 10.0. The molecule has 1 N–H and O–H groups in total. The third kappa shape index (κ3) is 6.34. The van der Waals surface area contributed by atoms with Crippen molar-refractivity contribution in [1.29, 1.82) is 0 Å². The highest BCUT2D eigenvalue weighted by Crippen LogP contribution is 2.29. The molecule has 2 aliphatic rings. The topological polar surface area (TPSA) is 106 Å². The molecule has 9 heteroatoms. The van der Waals surface area contributed by atoms with E-state index in [9.17, 15) is 18.8 Å². The van der Waals surface area contributed by atoms with Crippen LogP contribution in [0.5, 0.6) is 0 Å². The van der Waals surface area contributed by atoms with Crippen molar-refractivity contribution in [3.05, 3.63) is 86.9 Å². The maximum absolute atomic E-state index is 13.9. The minimum atomic E-state index is -0.537. The van der Waals surface area contributed by atoms with Crippen LogP contribution in [0.15, 0.2) is 51.8 Å². The van der Waals surface area contributed by atoms with Crippen LogP contribution in [0.4, 0.5) is 9.18 Å². The largest absolute Gasteiger partial charge is 0.446 e. The predicted octanol–water partition coefficient (Wildman–Crippen LogP) is 4.15. The first kappa shape index (κ1) is 24.9.